The molecule has 0 unspecified atom stereocenters. The summed E-state index contributed by atoms with van der Waals surface area (Å²) in [5, 5.41) is 10.4. The Bertz CT molecular complexity index is 1320. The van der Waals surface area contributed by atoms with E-state index in [-0.39, 0.29) is 31.5 Å². The van der Waals surface area contributed by atoms with Crippen LogP contribution in [0, 0.1) is 6.92 Å². The lowest BCUT2D eigenvalue weighted by molar-refractivity contribution is -0.0989. The minimum Gasteiger partial charge on any atom is -0.507 e. The average molecular weight is 623 g/mol. The number of hydrogen-bond donors (Lipinski definition) is 1. The van der Waals surface area contributed by atoms with Gasteiger partial charge in [-0.3, -0.25) is 0 Å². The Morgan fingerprint density at radius 3 is 2.36 bits per heavy atom. The first-order valence-corrected chi connectivity index (χ1v) is 15.1. The number of aryl methyl sites for hydroxylation is 1. The largest absolute Gasteiger partial charge is 0.507 e. The summed E-state index contributed by atoms with van der Waals surface area (Å²) >= 11 is 0. The Morgan fingerprint density at radius 2 is 1.67 bits per heavy atom. The maximum atomic E-state index is 13.3. The summed E-state index contributed by atoms with van der Waals surface area (Å²) in [6.07, 6.45) is 5.90. The molecule has 3 aromatic carbocycles. The maximum Gasteiger partial charge on any atom is 0.342 e. The van der Waals surface area contributed by atoms with Crippen LogP contribution in [0.4, 0.5) is 0 Å². The first-order valence-electron chi connectivity index (χ1n) is 15.1. The van der Waals surface area contributed by atoms with Gasteiger partial charge in [-0.25, -0.2) is 4.79 Å². The molecule has 45 heavy (non-hydrogen) atoms. The number of rotatable bonds is 20. The van der Waals surface area contributed by atoms with E-state index in [0.29, 0.717) is 24.3 Å². The smallest absolute Gasteiger partial charge is 0.342 e. The lowest BCUT2D eigenvalue weighted by Gasteiger charge is -2.26. The number of benzene rings is 3. The van der Waals surface area contributed by atoms with E-state index in [1.165, 1.54) is 6.07 Å². The summed E-state index contributed by atoms with van der Waals surface area (Å²) in [7, 11) is 4.74. The van der Waals surface area contributed by atoms with Crippen molar-refractivity contribution in [2.24, 2.45) is 0 Å². The molecule has 1 N–H and O–H groups in total. The number of esters is 1. The molecular weight excluding hydrogens is 576 g/mol. The highest BCUT2D eigenvalue weighted by atomic mass is 16.7. The molecular formula is C36H46O9. The Labute approximate surface area is 266 Å². The van der Waals surface area contributed by atoms with Crippen molar-refractivity contribution in [3.8, 4) is 17.2 Å². The minimum atomic E-state index is -0.631. The maximum absolute atomic E-state index is 13.3. The molecule has 0 bridgehead atoms. The number of methoxy groups -OCH3 is 3. The molecule has 0 spiro atoms. The van der Waals surface area contributed by atoms with Gasteiger partial charge in [-0.15, -0.1) is 0 Å². The van der Waals surface area contributed by atoms with Crippen LogP contribution in [0.2, 0.25) is 0 Å². The molecule has 0 aliphatic rings. The summed E-state index contributed by atoms with van der Waals surface area (Å²) in [6.45, 7) is 4.60. The standard InChI is InChI=1S/C36H46O9/c1-6-7-8-14-34(45-36(38)35-26(2)11-9-13-31(35)37)33(44-25-40-4)21-18-28-12-10-15-32(30(28)23-42-24-39-3)43-22-27-16-19-29(41-5)20-17-27/h9-13,15-21,33-34,37H,6-8,14,22-25H2,1-5H3/b21-18+/t33-,34+/m1/s1. The highest BCUT2D eigenvalue weighted by Crippen LogP contribution is 2.28. The highest BCUT2D eigenvalue weighted by Gasteiger charge is 2.27. The van der Waals surface area contributed by atoms with Crippen LogP contribution in [0.5, 0.6) is 17.2 Å². The van der Waals surface area contributed by atoms with Crippen molar-refractivity contribution in [2.45, 2.75) is 65.0 Å². The number of aromatic hydroxyl groups is 1. The Hall–Kier alpha value is -3.89. The number of unbranched alkanes of at least 4 members (excludes halogenated alkanes) is 2. The van der Waals surface area contributed by atoms with Crippen molar-refractivity contribution < 1.29 is 43.1 Å². The van der Waals surface area contributed by atoms with Gasteiger partial charge in [-0.2, -0.15) is 0 Å². The van der Waals surface area contributed by atoms with Crippen LogP contribution < -0.4 is 9.47 Å². The van der Waals surface area contributed by atoms with Gasteiger partial charge >= 0.3 is 5.97 Å². The molecule has 244 valence electrons. The third-order valence-corrected chi connectivity index (χ3v) is 7.19. The van der Waals surface area contributed by atoms with Crippen LogP contribution in [-0.2, 0) is 36.9 Å². The van der Waals surface area contributed by atoms with Gasteiger partial charge in [0, 0.05) is 19.8 Å². The van der Waals surface area contributed by atoms with Crippen molar-refractivity contribution in [2.75, 3.05) is 34.9 Å². The van der Waals surface area contributed by atoms with E-state index >= 15 is 0 Å². The molecule has 3 rings (SSSR count). The van der Waals surface area contributed by atoms with Gasteiger partial charge in [0.15, 0.2) is 0 Å². The number of hydrogen-bond acceptors (Lipinski definition) is 9. The predicted molar refractivity (Wildman–Crippen MR) is 172 cm³/mol. The normalized spacial score (nSPS) is 12.6. The second kappa shape index (κ2) is 19.5. The summed E-state index contributed by atoms with van der Waals surface area (Å²) in [5.74, 6) is 0.719. The fourth-order valence-electron chi connectivity index (χ4n) is 4.77. The van der Waals surface area contributed by atoms with Crippen molar-refractivity contribution >= 4 is 12.0 Å². The Balaban J connectivity index is 1.91. The summed E-state index contributed by atoms with van der Waals surface area (Å²) in [6, 6.07) is 18.4. The average Bonchev–Trinajstić information content (AvgIpc) is 3.04. The molecule has 0 aromatic heterocycles. The summed E-state index contributed by atoms with van der Waals surface area (Å²) in [5.41, 5.74) is 3.44. The SMILES string of the molecule is CCCCC[C@H](OC(=O)c1c(C)cccc1O)[C@@H](/C=C/c1cccc(OCc2ccc(OC)cc2)c1COCOC)OCOC. The van der Waals surface area contributed by atoms with Crippen molar-refractivity contribution in [1.82, 2.24) is 0 Å². The lowest BCUT2D eigenvalue weighted by Crippen LogP contribution is -2.33. The number of carbonyl (C=O) groups excluding carboxylic acids is 1. The predicted octanol–water partition coefficient (Wildman–Crippen LogP) is 7.22. The van der Waals surface area contributed by atoms with Crippen LogP contribution >= 0.6 is 0 Å². The van der Waals surface area contributed by atoms with Crippen LogP contribution in [-0.4, -0.2) is 58.2 Å². The molecule has 0 aliphatic carbocycles. The molecule has 0 aliphatic heterocycles. The zero-order chi connectivity index (χ0) is 32.4. The van der Waals surface area contributed by atoms with Gasteiger partial charge in [0.1, 0.15) is 55.2 Å². The second-order valence-corrected chi connectivity index (χ2v) is 10.5. The summed E-state index contributed by atoms with van der Waals surface area (Å²) in [4.78, 5) is 13.3. The number of carbonyl (C=O) groups is 1. The molecule has 9 heteroatoms. The van der Waals surface area contributed by atoms with Crippen LogP contribution in [0.1, 0.15) is 65.2 Å². The third-order valence-electron chi connectivity index (χ3n) is 7.19. The van der Waals surface area contributed by atoms with Gasteiger partial charge in [0.05, 0.1) is 13.7 Å². The molecule has 0 amide bonds. The molecule has 9 nitrogen and oxygen atoms in total. The molecule has 0 fully saturated rings. The summed E-state index contributed by atoms with van der Waals surface area (Å²) < 4.78 is 39.7. The van der Waals surface area contributed by atoms with E-state index in [4.69, 9.17) is 33.2 Å². The third kappa shape index (κ3) is 11.2. The van der Waals surface area contributed by atoms with Gasteiger partial charge in [-0.1, -0.05) is 68.3 Å². The second-order valence-electron chi connectivity index (χ2n) is 10.5. The first kappa shape index (κ1) is 35.6. The monoisotopic (exact) mass is 622 g/mol. The van der Waals surface area contributed by atoms with E-state index in [1.807, 2.05) is 54.6 Å². The molecule has 0 radical (unpaired) electrons. The molecule has 3 aromatic rings. The van der Waals surface area contributed by atoms with Crippen LogP contribution in [0.15, 0.2) is 66.7 Å². The van der Waals surface area contributed by atoms with Crippen molar-refractivity contribution in [3.05, 3.63) is 94.6 Å². The van der Waals surface area contributed by atoms with E-state index in [1.54, 1.807) is 40.4 Å². The van der Waals surface area contributed by atoms with E-state index in [2.05, 4.69) is 6.92 Å². The fraction of sp³-hybridized carbons (Fsp3) is 0.417. The highest BCUT2D eigenvalue weighted by molar-refractivity contribution is 5.94. The van der Waals surface area contributed by atoms with Gasteiger partial charge in [0.2, 0.25) is 0 Å². The molecule has 0 heterocycles. The molecule has 2 atom stereocenters. The Morgan fingerprint density at radius 1 is 0.911 bits per heavy atom. The number of ether oxygens (including phenoxy) is 7. The first-order chi connectivity index (χ1) is 21.9. The van der Waals surface area contributed by atoms with Crippen LogP contribution in [0.3, 0.4) is 0 Å². The zero-order valence-corrected chi connectivity index (χ0v) is 27.0. The topological polar surface area (TPSA) is 102 Å². The van der Waals surface area contributed by atoms with E-state index < -0.39 is 18.2 Å². The van der Waals surface area contributed by atoms with E-state index in [9.17, 15) is 9.90 Å². The van der Waals surface area contributed by atoms with Crippen molar-refractivity contribution in [3.63, 3.8) is 0 Å². The molecule has 0 saturated heterocycles. The van der Waals surface area contributed by atoms with Crippen molar-refractivity contribution in [1.29, 1.82) is 0 Å². The van der Waals surface area contributed by atoms with Gasteiger partial charge in [0.25, 0.3) is 0 Å². The van der Waals surface area contributed by atoms with Crippen LogP contribution in [0.25, 0.3) is 6.08 Å². The lowest BCUT2D eigenvalue weighted by atomic mass is 10.0. The number of phenols is 1. The fourth-order valence-corrected chi connectivity index (χ4v) is 4.77. The zero-order valence-electron chi connectivity index (χ0n) is 27.0. The quantitative estimate of drug-likeness (QED) is 0.0795. The van der Waals surface area contributed by atoms with Gasteiger partial charge < -0.3 is 38.3 Å². The number of phenolic OH excluding ortho intramolecular Hbond substituents is 1. The Kier molecular flexibility index (Phi) is 15.4. The minimum absolute atomic E-state index is 0.00126. The van der Waals surface area contributed by atoms with Gasteiger partial charge in [-0.05, 0) is 60.7 Å². The molecule has 0 saturated carbocycles. The van der Waals surface area contributed by atoms with E-state index in [0.717, 1.165) is 41.7 Å².